The first kappa shape index (κ1) is 24.2. The van der Waals surface area contributed by atoms with Crippen LogP contribution in [0, 0.1) is 12.8 Å². The van der Waals surface area contributed by atoms with Gasteiger partial charge in [0.05, 0.1) is 11.7 Å². The minimum Gasteiger partial charge on any atom is -0.483 e. The van der Waals surface area contributed by atoms with Gasteiger partial charge in [-0.25, -0.2) is 4.98 Å². The molecule has 1 aromatic carbocycles. The van der Waals surface area contributed by atoms with Crippen LogP contribution in [0.4, 0.5) is 0 Å². The number of fused-ring (bicyclic) bond motifs is 1. The first-order valence-electron chi connectivity index (χ1n) is 12.0. The quantitative estimate of drug-likeness (QED) is 0.690. The van der Waals surface area contributed by atoms with E-state index < -0.39 is 0 Å². The lowest BCUT2D eigenvalue weighted by Crippen LogP contribution is -2.44. The molecule has 1 aliphatic heterocycles. The molecule has 1 N–H and O–H groups in total. The summed E-state index contributed by atoms with van der Waals surface area (Å²) in [4.78, 5) is 29.5. The average Bonchev–Trinajstić information content (AvgIpc) is 2.80. The van der Waals surface area contributed by atoms with Crippen molar-refractivity contribution in [3.8, 4) is 0 Å². The Balaban J connectivity index is 0.000000913. The molecule has 6 nitrogen and oxygen atoms in total. The van der Waals surface area contributed by atoms with Crippen molar-refractivity contribution in [2.75, 3.05) is 6.54 Å². The molecule has 2 heterocycles. The smallest absolute Gasteiger partial charge is 0.290 e. The highest BCUT2D eigenvalue weighted by molar-refractivity contribution is 5.32. The Morgan fingerprint density at radius 3 is 2.47 bits per heavy atom. The normalized spacial score (nSPS) is 21.7. The number of hydrogen-bond donors (Lipinski definition) is 1. The van der Waals surface area contributed by atoms with Gasteiger partial charge in [0.15, 0.2) is 0 Å². The Labute approximate surface area is 191 Å². The van der Waals surface area contributed by atoms with E-state index in [0.29, 0.717) is 6.04 Å². The van der Waals surface area contributed by atoms with Crippen LogP contribution in [0.2, 0.25) is 0 Å². The van der Waals surface area contributed by atoms with Crippen LogP contribution in [0.15, 0.2) is 35.1 Å². The zero-order valence-electron chi connectivity index (χ0n) is 19.7. The SMILES string of the molecule is CCCC(c1ccccc1)n1c(C)nc2c(c1=O)CCN(C1CCC(C)CC1)C2.O=CO. The Morgan fingerprint density at radius 1 is 1.19 bits per heavy atom. The van der Waals surface area contributed by atoms with E-state index in [4.69, 9.17) is 14.9 Å². The molecule has 0 amide bonds. The highest BCUT2D eigenvalue weighted by Crippen LogP contribution is 2.30. The third-order valence-corrected chi connectivity index (χ3v) is 7.03. The summed E-state index contributed by atoms with van der Waals surface area (Å²) in [5, 5.41) is 6.89. The van der Waals surface area contributed by atoms with E-state index in [1.165, 1.54) is 31.2 Å². The third-order valence-electron chi connectivity index (χ3n) is 7.03. The van der Waals surface area contributed by atoms with Crippen molar-refractivity contribution >= 4 is 6.47 Å². The second-order valence-corrected chi connectivity index (χ2v) is 9.21. The van der Waals surface area contributed by atoms with Crippen LogP contribution in [-0.2, 0) is 17.8 Å². The summed E-state index contributed by atoms with van der Waals surface area (Å²) < 4.78 is 1.97. The summed E-state index contributed by atoms with van der Waals surface area (Å²) >= 11 is 0. The zero-order valence-corrected chi connectivity index (χ0v) is 19.7. The summed E-state index contributed by atoms with van der Waals surface area (Å²) in [5.74, 6) is 1.72. The molecule has 4 rings (SSSR count). The monoisotopic (exact) mass is 439 g/mol. The topological polar surface area (TPSA) is 75.4 Å². The van der Waals surface area contributed by atoms with Crippen LogP contribution in [-0.4, -0.2) is 38.6 Å². The van der Waals surface area contributed by atoms with E-state index >= 15 is 0 Å². The van der Waals surface area contributed by atoms with Crippen molar-refractivity contribution in [2.24, 2.45) is 5.92 Å². The summed E-state index contributed by atoms with van der Waals surface area (Å²) in [7, 11) is 0. The lowest BCUT2D eigenvalue weighted by Gasteiger charge is -2.38. The summed E-state index contributed by atoms with van der Waals surface area (Å²) in [6, 6.07) is 11.2. The van der Waals surface area contributed by atoms with Crippen LogP contribution in [0.1, 0.15) is 81.1 Å². The van der Waals surface area contributed by atoms with Crippen LogP contribution in [0.5, 0.6) is 0 Å². The lowest BCUT2D eigenvalue weighted by atomic mass is 9.86. The summed E-state index contributed by atoms with van der Waals surface area (Å²) in [6.07, 6.45) is 8.07. The maximum atomic E-state index is 13.6. The van der Waals surface area contributed by atoms with Crippen molar-refractivity contribution in [2.45, 2.75) is 84.3 Å². The number of rotatable bonds is 5. The van der Waals surface area contributed by atoms with Gasteiger partial charge in [0, 0.05) is 24.7 Å². The largest absolute Gasteiger partial charge is 0.483 e. The van der Waals surface area contributed by atoms with E-state index in [1.54, 1.807) is 0 Å². The number of nitrogens with zero attached hydrogens (tertiary/aromatic N) is 3. The Hall–Kier alpha value is -2.47. The van der Waals surface area contributed by atoms with Gasteiger partial charge in [-0.15, -0.1) is 0 Å². The number of hydrogen-bond acceptors (Lipinski definition) is 4. The molecule has 1 aromatic heterocycles. The Bertz CT molecular complexity index is 933. The molecule has 174 valence electrons. The first-order valence-corrected chi connectivity index (χ1v) is 12.0. The minimum absolute atomic E-state index is 0.0735. The standard InChI is InChI=1S/C25H35N3O.CH2O2/c1-4-8-24(20-9-6-5-7-10-20)28-19(3)26-23-17-27(16-15-22(23)25(28)29)21-13-11-18(2)12-14-21;2-1-3/h5-7,9-10,18,21,24H,4,8,11-17H2,1-3H3;1H,(H,2,3). The molecule has 0 spiro atoms. The predicted octanol–water partition coefficient (Wildman–Crippen LogP) is 4.58. The fourth-order valence-electron chi connectivity index (χ4n) is 5.32. The second-order valence-electron chi connectivity index (χ2n) is 9.21. The lowest BCUT2D eigenvalue weighted by molar-refractivity contribution is -0.122. The van der Waals surface area contributed by atoms with Gasteiger partial charge in [-0.3, -0.25) is 19.1 Å². The number of aryl methyl sites for hydroxylation is 1. The van der Waals surface area contributed by atoms with Crippen LogP contribution in [0.3, 0.4) is 0 Å². The van der Waals surface area contributed by atoms with Crippen LogP contribution >= 0.6 is 0 Å². The Kier molecular flexibility index (Phi) is 8.62. The third kappa shape index (κ3) is 5.47. The molecule has 2 aromatic rings. The van der Waals surface area contributed by atoms with Crippen LogP contribution in [0.25, 0.3) is 0 Å². The van der Waals surface area contributed by atoms with Crippen molar-refractivity contribution in [1.82, 2.24) is 14.5 Å². The molecule has 1 saturated carbocycles. The number of benzene rings is 1. The molecule has 0 radical (unpaired) electrons. The maximum Gasteiger partial charge on any atom is 0.290 e. The van der Waals surface area contributed by atoms with Crippen molar-refractivity contribution < 1.29 is 9.90 Å². The van der Waals surface area contributed by atoms with Crippen molar-refractivity contribution in [1.29, 1.82) is 0 Å². The molecular weight excluding hydrogens is 402 g/mol. The number of carbonyl (C=O) groups is 1. The van der Waals surface area contributed by atoms with E-state index in [0.717, 1.165) is 55.4 Å². The van der Waals surface area contributed by atoms with Gasteiger partial charge in [0.2, 0.25) is 0 Å². The summed E-state index contributed by atoms with van der Waals surface area (Å²) in [6.45, 7) is 8.15. The highest BCUT2D eigenvalue weighted by Gasteiger charge is 2.30. The van der Waals surface area contributed by atoms with E-state index in [-0.39, 0.29) is 18.1 Å². The molecule has 1 aliphatic carbocycles. The van der Waals surface area contributed by atoms with Crippen LogP contribution < -0.4 is 5.56 Å². The molecule has 1 atom stereocenters. The van der Waals surface area contributed by atoms with Gasteiger partial charge >= 0.3 is 0 Å². The average molecular weight is 440 g/mol. The van der Waals surface area contributed by atoms with Gasteiger partial charge in [-0.2, -0.15) is 0 Å². The van der Waals surface area contributed by atoms with E-state index in [9.17, 15) is 4.79 Å². The summed E-state index contributed by atoms with van der Waals surface area (Å²) in [5.41, 5.74) is 3.37. The molecule has 0 saturated heterocycles. The van der Waals surface area contributed by atoms with E-state index in [1.807, 2.05) is 17.6 Å². The number of carboxylic acid groups (broad SMARTS) is 1. The van der Waals surface area contributed by atoms with Gasteiger partial charge in [-0.05, 0) is 56.9 Å². The molecule has 2 aliphatic rings. The van der Waals surface area contributed by atoms with Crippen molar-refractivity contribution in [3.63, 3.8) is 0 Å². The molecule has 32 heavy (non-hydrogen) atoms. The fourth-order valence-corrected chi connectivity index (χ4v) is 5.32. The van der Waals surface area contributed by atoms with Gasteiger partial charge in [0.25, 0.3) is 12.0 Å². The van der Waals surface area contributed by atoms with Gasteiger partial charge in [0.1, 0.15) is 5.82 Å². The van der Waals surface area contributed by atoms with Crippen molar-refractivity contribution in [3.05, 3.63) is 63.3 Å². The van der Waals surface area contributed by atoms with Gasteiger partial charge in [-0.1, -0.05) is 50.6 Å². The predicted molar refractivity (Wildman–Crippen MR) is 127 cm³/mol. The highest BCUT2D eigenvalue weighted by atomic mass is 16.3. The molecule has 6 heteroatoms. The van der Waals surface area contributed by atoms with E-state index in [2.05, 4.69) is 43.0 Å². The second kappa shape index (κ2) is 11.4. The minimum atomic E-state index is -0.250. The maximum absolute atomic E-state index is 13.6. The molecular formula is C26H37N3O3. The fraction of sp³-hybridized carbons (Fsp3) is 0.577. The molecule has 1 unspecified atom stereocenters. The number of aromatic nitrogens is 2. The molecule has 1 fully saturated rings. The Morgan fingerprint density at radius 2 is 1.84 bits per heavy atom. The van der Waals surface area contributed by atoms with Gasteiger partial charge < -0.3 is 5.11 Å². The first-order chi connectivity index (χ1) is 15.5. The molecule has 0 bridgehead atoms. The zero-order chi connectivity index (χ0) is 23.1.